The van der Waals surface area contributed by atoms with E-state index >= 15 is 0 Å². The van der Waals surface area contributed by atoms with E-state index < -0.39 is 0 Å². The summed E-state index contributed by atoms with van der Waals surface area (Å²) in [6, 6.07) is 20.5. The number of aliphatic hydroxyl groups excluding tert-OH is 1. The Morgan fingerprint density at radius 1 is 0.870 bits per heavy atom. The predicted molar refractivity (Wildman–Crippen MR) is 221 cm³/mol. The number of carbonyl (C=O) groups excluding carboxylic acids is 1. The van der Waals surface area contributed by atoms with Gasteiger partial charge in [-0.05, 0) is 91.3 Å². The molecule has 1 N–H and O–H groups in total. The van der Waals surface area contributed by atoms with Crippen LogP contribution in [0.5, 0.6) is 0 Å². The maximum absolute atomic E-state index is 12.2. The fourth-order valence-corrected chi connectivity index (χ4v) is 7.13. The molecule has 54 heavy (non-hydrogen) atoms. The second-order valence-electron chi connectivity index (χ2n) is 16.1. The Balaban J connectivity index is 0.000000309. The number of carbonyl (C=O) groups is 1. The normalized spacial score (nSPS) is 12.5. The minimum Gasteiger partial charge on any atom is -0.512 e. The van der Waals surface area contributed by atoms with E-state index in [4.69, 9.17) is 14.4 Å². The number of benzene rings is 3. The van der Waals surface area contributed by atoms with Gasteiger partial charge in [-0.2, -0.15) is 0 Å². The largest absolute Gasteiger partial charge is 0.512 e. The number of aliphatic hydroxyl groups is 1. The molecule has 1 radical (unpaired) electrons. The van der Waals surface area contributed by atoms with Crippen LogP contribution in [0.1, 0.15) is 112 Å². The zero-order chi connectivity index (χ0) is 38.7. The van der Waals surface area contributed by atoms with Gasteiger partial charge in [0.15, 0.2) is 5.78 Å². The number of furan rings is 1. The molecule has 6 aromatic rings. The van der Waals surface area contributed by atoms with Gasteiger partial charge in [-0.3, -0.25) is 9.78 Å². The van der Waals surface area contributed by atoms with Crippen LogP contribution in [0.2, 0.25) is 0 Å². The van der Waals surface area contributed by atoms with Crippen molar-refractivity contribution < 1.29 is 34.4 Å². The van der Waals surface area contributed by atoms with Crippen LogP contribution >= 0.6 is 0 Å². The van der Waals surface area contributed by atoms with Crippen molar-refractivity contribution in [3.63, 3.8) is 0 Å². The average Bonchev–Trinajstić information content (AvgIpc) is 3.52. The summed E-state index contributed by atoms with van der Waals surface area (Å²) in [5.41, 5.74) is 6.25. The zero-order valence-electron chi connectivity index (χ0n) is 34.1. The number of ketones is 1. The third-order valence-corrected chi connectivity index (χ3v) is 11.4. The molecular formula is C47H58IrN3O3-. The van der Waals surface area contributed by atoms with Crippen molar-refractivity contribution >= 4 is 49.5 Å². The first kappa shape index (κ1) is 42.8. The summed E-state index contributed by atoms with van der Waals surface area (Å²) >= 11 is 0. The van der Waals surface area contributed by atoms with Crippen molar-refractivity contribution in [2.45, 2.75) is 115 Å². The zero-order valence-corrected chi connectivity index (χ0v) is 36.5. The molecule has 0 bridgehead atoms. The molecule has 0 spiro atoms. The van der Waals surface area contributed by atoms with Crippen molar-refractivity contribution in [3.05, 3.63) is 89.6 Å². The fraction of sp³-hybridized carbons (Fsp3) is 0.447. The molecule has 3 heterocycles. The summed E-state index contributed by atoms with van der Waals surface area (Å²) in [7, 11) is 0. The van der Waals surface area contributed by atoms with E-state index in [1.165, 1.54) is 28.0 Å². The molecule has 0 saturated heterocycles. The quantitative estimate of drug-likeness (QED) is 0.0569. The van der Waals surface area contributed by atoms with Gasteiger partial charge in [0.2, 0.25) is 5.71 Å². The number of aromatic nitrogens is 3. The summed E-state index contributed by atoms with van der Waals surface area (Å²) in [5.74, 6) is 2.19. The number of fused-ring (bicyclic) bond motifs is 6. The number of allylic oxidation sites excluding steroid dienone is 2. The van der Waals surface area contributed by atoms with E-state index in [1.807, 2.05) is 72.7 Å². The molecule has 0 fully saturated rings. The molecular weight excluding hydrogens is 847 g/mol. The summed E-state index contributed by atoms with van der Waals surface area (Å²) < 4.78 is 6.24. The average molecular weight is 905 g/mol. The summed E-state index contributed by atoms with van der Waals surface area (Å²) in [4.78, 5) is 26.5. The topological polar surface area (TPSA) is 89.1 Å². The van der Waals surface area contributed by atoms with Gasteiger partial charge in [0.05, 0.1) is 11.1 Å². The first-order chi connectivity index (χ1) is 25.2. The molecule has 6 nitrogen and oxygen atoms in total. The van der Waals surface area contributed by atoms with Gasteiger partial charge in [0, 0.05) is 59.7 Å². The van der Waals surface area contributed by atoms with E-state index in [0.29, 0.717) is 17.5 Å². The van der Waals surface area contributed by atoms with Crippen molar-refractivity contribution in [2.75, 3.05) is 0 Å². The van der Waals surface area contributed by atoms with Crippen LogP contribution in [0.25, 0.3) is 55.0 Å². The number of hydrogen-bond donors (Lipinski definition) is 1. The maximum atomic E-state index is 12.2. The monoisotopic (exact) mass is 905 g/mol. The molecule has 0 atom stereocenters. The van der Waals surface area contributed by atoms with E-state index in [9.17, 15) is 9.90 Å². The van der Waals surface area contributed by atoms with Gasteiger partial charge < -0.3 is 9.52 Å². The summed E-state index contributed by atoms with van der Waals surface area (Å²) in [6.07, 6.45) is 8.60. The number of rotatable bonds is 12. The molecule has 7 heteroatoms. The summed E-state index contributed by atoms with van der Waals surface area (Å²) in [5, 5.41) is 15.7. The number of pyridine rings is 1. The Morgan fingerprint density at radius 2 is 1.54 bits per heavy atom. The Kier molecular flexibility index (Phi) is 14.0. The van der Waals surface area contributed by atoms with Crippen LogP contribution in [0, 0.1) is 35.7 Å². The van der Waals surface area contributed by atoms with E-state index in [-0.39, 0.29) is 42.5 Å². The minimum atomic E-state index is -0.337. The molecule has 6 rings (SSSR count). The third kappa shape index (κ3) is 8.79. The number of hydrogen-bond acceptors (Lipinski definition) is 6. The molecule has 0 unspecified atom stereocenters. The molecule has 0 aliphatic carbocycles. The fourth-order valence-electron chi connectivity index (χ4n) is 7.13. The van der Waals surface area contributed by atoms with Crippen LogP contribution in [0.3, 0.4) is 0 Å². The minimum absolute atomic E-state index is 0. The number of aryl methyl sites for hydroxylation is 1. The van der Waals surface area contributed by atoms with Crippen molar-refractivity contribution in [3.8, 4) is 11.3 Å². The van der Waals surface area contributed by atoms with E-state index in [0.717, 1.165) is 82.9 Å². The molecule has 289 valence electrons. The second kappa shape index (κ2) is 17.7. The molecule has 0 amide bonds. The summed E-state index contributed by atoms with van der Waals surface area (Å²) in [6.45, 7) is 23.2. The standard InChI is InChI=1S/C32H30N3O.C15H28O2.Ir/c1-18(2)14-21-16-22-11-12-26-29(34-20(5)35-30(26)28(22)23(17-21)15-19(3)4)27-9-6-8-24-25-10-7-13-33-32(25)36-31(24)27;1-7-14(5,8-2)12(16)11-13(17)15(6,9-3)10-4;/h6-8,10-13,16-19H,14-15H2,1-5H3;11,16H,7-10H2,1-6H3;/q-1;;/b;12-11-;. The maximum Gasteiger partial charge on any atom is 0.216 e. The van der Waals surface area contributed by atoms with Crippen LogP contribution in [0.4, 0.5) is 0 Å². The second-order valence-corrected chi connectivity index (χ2v) is 16.1. The molecule has 3 aromatic heterocycles. The van der Waals surface area contributed by atoms with Gasteiger partial charge in [-0.25, -0.2) is 9.97 Å². The Hall–Kier alpha value is -3.93. The first-order valence-electron chi connectivity index (χ1n) is 19.5. The van der Waals surface area contributed by atoms with Crippen LogP contribution in [-0.2, 0) is 37.7 Å². The van der Waals surface area contributed by atoms with Gasteiger partial charge in [-0.1, -0.05) is 104 Å². The van der Waals surface area contributed by atoms with Gasteiger partial charge >= 0.3 is 0 Å². The van der Waals surface area contributed by atoms with Crippen LogP contribution < -0.4 is 0 Å². The predicted octanol–water partition coefficient (Wildman–Crippen LogP) is 12.9. The Bertz CT molecular complexity index is 2280. The van der Waals surface area contributed by atoms with Gasteiger partial charge in [0.1, 0.15) is 11.6 Å². The Morgan fingerprint density at radius 3 is 2.17 bits per heavy atom. The van der Waals surface area contributed by atoms with Crippen molar-refractivity contribution in [1.82, 2.24) is 15.0 Å². The van der Waals surface area contributed by atoms with Crippen molar-refractivity contribution in [1.29, 1.82) is 0 Å². The van der Waals surface area contributed by atoms with Crippen LogP contribution in [0.15, 0.2) is 71.0 Å². The molecule has 0 saturated carbocycles. The molecule has 3 aromatic carbocycles. The van der Waals surface area contributed by atoms with Crippen molar-refractivity contribution in [2.24, 2.45) is 22.7 Å². The smallest absolute Gasteiger partial charge is 0.216 e. The molecule has 0 aliphatic heterocycles. The van der Waals surface area contributed by atoms with Gasteiger partial charge in [-0.15, -0.1) is 18.2 Å². The first-order valence-corrected chi connectivity index (χ1v) is 19.5. The van der Waals surface area contributed by atoms with Crippen LogP contribution in [-0.4, -0.2) is 25.8 Å². The molecule has 0 aliphatic rings. The van der Waals surface area contributed by atoms with E-state index in [1.54, 1.807) is 6.20 Å². The van der Waals surface area contributed by atoms with E-state index in [2.05, 4.69) is 63.0 Å². The third-order valence-electron chi connectivity index (χ3n) is 11.4. The Labute approximate surface area is 335 Å². The SMILES string of the molecule is CCC(C)(CC)C(=O)/C=C(\O)C(C)(CC)CC.Cc1nc(-c2[c-]ccc3c2oc2ncccc23)c2ccc3cc(CC(C)C)cc(CC(C)C)c3c2n1.[Ir]. The van der Waals surface area contributed by atoms with Gasteiger partial charge in [0.25, 0.3) is 0 Å². The number of nitrogens with zero attached hydrogens (tertiary/aromatic N) is 3.